The average Bonchev–Trinajstić information content (AvgIpc) is 3.35. The number of nitrogens with one attached hydrogen (secondary N) is 2. The van der Waals surface area contributed by atoms with Crippen LogP contribution in [-0.2, 0) is 6.54 Å². The van der Waals surface area contributed by atoms with E-state index in [1.165, 1.54) is 18.4 Å². The van der Waals surface area contributed by atoms with Crippen molar-refractivity contribution in [3.8, 4) is 17.2 Å². The van der Waals surface area contributed by atoms with Crippen LogP contribution >= 0.6 is 24.0 Å². The van der Waals surface area contributed by atoms with Gasteiger partial charge < -0.3 is 24.8 Å². The second-order valence-corrected chi connectivity index (χ2v) is 7.50. The van der Waals surface area contributed by atoms with Crippen molar-refractivity contribution in [2.75, 3.05) is 48.0 Å². The monoisotopic (exact) mass is 554 g/mol. The Bertz CT molecular complexity index is 858. The molecule has 1 heterocycles. The first kappa shape index (κ1) is 26.1. The first-order valence-electron chi connectivity index (χ1n) is 10.7. The maximum atomic E-state index is 5.53. The Morgan fingerprint density at radius 1 is 0.938 bits per heavy atom. The van der Waals surface area contributed by atoms with Crippen molar-refractivity contribution in [3.05, 3.63) is 53.6 Å². The number of halogens is 1. The van der Waals surface area contributed by atoms with Crippen molar-refractivity contribution >= 4 is 29.9 Å². The van der Waals surface area contributed by atoms with E-state index >= 15 is 0 Å². The van der Waals surface area contributed by atoms with Gasteiger partial charge in [-0.2, -0.15) is 0 Å². The van der Waals surface area contributed by atoms with E-state index in [2.05, 4.69) is 50.9 Å². The smallest absolute Gasteiger partial charge is 0.191 e. The normalized spacial score (nSPS) is 14.9. The largest absolute Gasteiger partial charge is 0.496 e. The highest BCUT2D eigenvalue weighted by Gasteiger charge is 2.23. The number of benzene rings is 2. The zero-order valence-corrected chi connectivity index (χ0v) is 21.7. The van der Waals surface area contributed by atoms with Crippen LogP contribution in [0.3, 0.4) is 0 Å². The Labute approximate surface area is 208 Å². The van der Waals surface area contributed by atoms with Crippen molar-refractivity contribution in [2.45, 2.75) is 25.4 Å². The Morgan fingerprint density at radius 3 is 2.16 bits per heavy atom. The molecule has 0 aromatic heterocycles. The number of guanidine groups is 1. The zero-order chi connectivity index (χ0) is 22.1. The molecule has 2 aromatic carbocycles. The fraction of sp³-hybridized carbons (Fsp3) is 0.458. The van der Waals surface area contributed by atoms with Gasteiger partial charge in [0.15, 0.2) is 17.5 Å². The number of likely N-dealkylation sites (tertiary alicyclic amines) is 1. The van der Waals surface area contributed by atoms with Crippen molar-refractivity contribution in [1.82, 2.24) is 15.5 Å². The lowest BCUT2D eigenvalue weighted by Crippen LogP contribution is -2.42. The zero-order valence-electron chi connectivity index (χ0n) is 19.4. The summed E-state index contributed by atoms with van der Waals surface area (Å²) in [5, 5.41) is 6.89. The number of methoxy groups -OCH3 is 3. The highest BCUT2D eigenvalue weighted by molar-refractivity contribution is 14.0. The summed E-state index contributed by atoms with van der Waals surface area (Å²) >= 11 is 0. The molecule has 1 aliphatic heterocycles. The molecule has 1 atom stereocenters. The van der Waals surface area contributed by atoms with Crippen molar-refractivity contribution < 1.29 is 14.2 Å². The lowest BCUT2D eigenvalue weighted by molar-refractivity contribution is 0.245. The molecule has 7 nitrogen and oxygen atoms in total. The molecule has 32 heavy (non-hydrogen) atoms. The maximum Gasteiger partial charge on any atom is 0.191 e. The quantitative estimate of drug-likeness (QED) is 0.279. The summed E-state index contributed by atoms with van der Waals surface area (Å²) in [4.78, 5) is 6.95. The summed E-state index contributed by atoms with van der Waals surface area (Å²) in [6.07, 6.45) is 2.52. The lowest BCUT2D eigenvalue weighted by Gasteiger charge is -2.29. The van der Waals surface area contributed by atoms with Gasteiger partial charge in [0.05, 0.1) is 27.4 Å². The van der Waals surface area contributed by atoms with Gasteiger partial charge in [0.25, 0.3) is 0 Å². The third-order valence-electron chi connectivity index (χ3n) is 5.69. The number of ether oxygens (including phenoxy) is 3. The molecular formula is C24H35IN4O3. The lowest BCUT2D eigenvalue weighted by atomic mass is 10.1. The van der Waals surface area contributed by atoms with Gasteiger partial charge in [-0.3, -0.25) is 9.89 Å². The molecule has 0 bridgehead atoms. The van der Waals surface area contributed by atoms with Crippen LogP contribution in [0.5, 0.6) is 17.2 Å². The Morgan fingerprint density at radius 2 is 1.56 bits per heavy atom. The molecule has 0 aliphatic carbocycles. The van der Waals surface area contributed by atoms with E-state index in [-0.39, 0.29) is 24.0 Å². The molecule has 8 heteroatoms. The third kappa shape index (κ3) is 6.65. The number of hydrogen-bond acceptors (Lipinski definition) is 5. The molecule has 1 fully saturated rings. The molecular weight excluding hydrogens is 519 g/mol. The molecule has 2 N–H and O–H groups in total. The summed E-state index contributed by atoms with van der Waals surface area (Å²) in [7, 11) is 6.68. The highest BCUT2D eigenvalue weighted by Crippen LogP contribution is 2.34. The van der Waals surface area contributed by atoms with E-state index in [9.17, 15) is 0 Å². The van der Waals surface area contributed by atoms with E-state index in [1.807, 2.05) is 12.1 Å². The van der Waals surface area contributed by atoms with Gasteiger partial charge in [0, 0.05) is 31.8 Å². The summed E-state index contributed by atoms with van der Waals surface area (Å²) in [5.41, 5.74) is 2.29. The van der Waals surface area contributed by atoms with Crippen LogP contribution in [-0.4, -0.2) is 58.9 Å². The van der Waals surface area contributed by atoms with Crippen LogP contribution in [0, 0.1) is 0 Å². The molecule has 0 amide bonds. The van der Waals surface area contributed by atoms with Crippen LogP contribution < -0.4 is 24.8 Å². The molecule has 0 saturated carbocycles. The predicted molar refractivity (Wildman–Crippen MR) is 140 cm³/mol. The van der Waals surface area contributed by atoms with Gasteiger partial charge in [-0.15, -0.1) is 24.0 Å². The fourth-order valence-electron chi connectivity index (χ4n) is 4.01. The van der Waals surface area contributed by atoms with E-state index in [0.717, 1.165) is 36.9 Å². The Hall–Kier alpha value is -2.20. The molecule has 1 saturated heterocycles. The standard InChI is InChI=1S/C24H34N4O3.HI/c1-25-24(26-16-19-14-22(30-3)23(31-4)15-21(19)29-2)27-17-20(28-12-8-9-13-28)18-10-6-5-7-11-18;/h5-7,10-11,14-15,20H,8-9,12-13,16-17H2,1-4H3,(H2,25,26,27);1H. The SMILES string of the molecule is CN=C(NCc1cc(OC)c(OC)cc1OC)NCC(c1ccccc1)N1CCCC1.I. The van der Waals surface area contributed by atoms with Gasteiger partial charge in [-0.25, -0.2) is 0 Å². The number of rotatable bonds is 9. The predicted octanol–water partition coefficient (Wildman–Crippen LogP) is 3.83. The Kier molecular flexibility index (Phi) is 10.9. The first-order valence-corrected chi connectivity index (χ1v) is 10.7. The molecule has 1 aliphatic rings. The van der Waals surface area contributed by atoms with E-state index in [1.54, 1.807) is 28.4 Å². The summed E-state index contributed by atoms with van der Waals surface area (Å²) in [6.45, 7) is 3.60. The number of hydrogen-bond donors (Lipinski definition) is 2. The van der Waals surface area contributed by atoms with Crippen LogP contribution in [0.15, 0.2) is 47.5 Å². The molecule has 0 spiro atoms. The van der Waals surface area contributed by atoms with Gasteiger partial charge in [0.1, 0.15) is 5.75 Å². The van der Waals surface area contributed by atoms with Crippen molar-refractivity contribution in [2.24, 2.45) is 4.99 Å². The number of aliphatic imine (C=N–C) groups is 1. The van der Waals surface area contributed by atoms with Gasteiger partial charge in [-0.1, -0.05) is 30.3 Å². The Balaban J connectivity index is 0.00000363. The minimum Gasteiger partial charge on any atom is -0.496 e. The van der Waals surface area contributed by atoms with E-state index in [4.69, 9.17) is 14.2 Å². The summed E-state index contributed by atoms with van der Waals surface area (Å²) in [5.74, 6) is 2.79. The molecule has 176 valence electrons. The highest BCUT2D eigenvalue weighted by atomic mass is 127. The summed E-state index contributed by atoms with van der Waals surface area (Å²) < 4.78 is 16.3. The van der Waals surface area contributed by atoms with Gasteiger partial charge >= 0.3 is 0 Å². The van der Waals surface area contributed by atoms with Crippen LogP contribution in [0.25, 0.3) is 0 Å². The minimum atomic E-state index is 0. The van der Waals surface area contributed by atoms with Crippen molar-refractivity contribution in [3.63, 3.8) is 0 Å². The molecule has 0 radical (unpaired) electrons. The number of nitrogens with zero attached hydrogens (tertiary/aromatic N) is 2. The van der Waals surface area contributed by atoms with E-state index in [0.29, 0.717) is 24.1 Å². The van der Waals surface area contributed by atoms with Crippen LogP contribution in [0.4, 0.5) is 0 Å². The molecule has 3 rings (SSSR count). The second-order valence-electron chi connectivity index (χ2n) is 7.50. The summed E-state index contributed by atoms with van der Waals surface area (Å²) in [6, 6.07) is 14.8. The van der Waals surface area contributed by atoms with Gasteiger partial charge in [-0.05, 0) is 37.6 Å². The first-order chi connectivity index (χ1) is 15.2. The average molecular weight is 554 g/mol. The van der Waals surface area contributed by atoms with Crippen molar-refractivity contribution in [1.29, 1.82) is 0 Å². The molecule has 1 unspecified atom stereocenters. The maximum absolute atomic E-state index is 5.53. The second kappa shape index (κ2) is 13.4. The van der Waals surface area contributed by atoms with E-state index < -0.39 is 0 Å². The third-order valence-corrected chi connectivity index (χ3v) is 5.69. The topological polar surface area (TPSA) is 67.4 Å². The molecule has 2 aromatic rings. The van der Waals surface area contributed by atoms with Crippen LogP contribution in [0.1, 0.15) is 30.0 Å². The fourth-order valence-corrected chi connectivity index (χ4v) is 4.01. The minimum absolute atomic E-state index is 0. The van der Waals surface area contributed by atoms with Gasteiger partial charge in [0.2, 0.25) is 0 Å². The van der Waals surface area contributed by atoms with Crippen LogP contribution in [0.2, 0.25) is 0 Å².